The number of carbonyl (C=O) groups excluding carboxylic acids is 1. The van der Waals surface area contributed by atoms with Gasteiger partial charge in [-0.15, -0.1) is 0 Å². The molecule has 1 amide bonds. The van der Waals surface area contributed by atoms with E-state index in [1.807, 2.05) is 0 Å². The largest absolute Gasteiger partial charge is 0.505 e. The molecule has 4 N–H and O–H groups in total. The quantitative estimate of drug-likeness (QED) is 0.451. The zero-order valence-corrected chi connectivity index (χ0v) is 10.9. The van der Waals surface area contributed by atoms with Gasteiger partial charge in [-0.25, -0.2) is 0 Å². The van der Waals surface area contributed by atoms with Gasteiger partial charge in [-0.05, 0) is 11.6 Å². The molecule has 0 aliphatic rings. The van der Waals surface area contributed by atoms with E-state index in [0.717, 1.165) is 0 Å². The number of benzene rings is 2. The topological polar surface area (TPSA) is 118 Å². The second-order valence-electron chi connectivity index (χ2n) is 4.31. The van der Waals surface area contributed by atoms with Crippen molar-refractivity contribution >= 4 is 17.3 Å². The highest BCUT2D eigenvalue weighted by molar-refractivity contribution is 5.98. The van der Waals surface area contributed by atoms with Gasteiger partial charge in [-0.3, -0.25) is 14.9 Å². The van der Waals surface area contributed by atoms with Crippen LogP contribution < -0.4 is 11.1 Å². The van der Waals surface area contributed by atoms with Gasteiger partial charge >= 0.3 is 0 Å². The maximum Gasteiger partial charge on any atom is 0.296 e. The van der Waals surface area contributed by atoms with Crippen molar-refractivity contribution in [2.75, 3.05) is 5.32 Å². The first-order valence-electron chi connectivity index (χ1n) is 6.08. The van der Waals surface area contributed by atoms with E-state index in [1.165, 1.54) is 18.2 Å². The maximum absolute atomic E-state index is 12.1. The van der Waals surface area contributed by atoms with Gasteiger partial charge in [0.1, 0.15) is 11.8 Å². The lowest BCUT2D eigenvalue weighted by Gasteiger charge is -2.13. The molecular weight excluding hydrogens is 274 g/mol. The van der Waals surface area contributed by atoms with Crippen molar-refractivity contribution < 1.29 is 14.8 Å². The van der Waals surface area contributed by atoms with Crippen molar-refractivity contribution in [3.8, 4) is 5.75 Å². The third kappa shape index (κ3) is 3.15. The molecule has 2 aromatic carbocycles. The average molecular weight is 287 g/mol. The lowest BCUT2D eigenvalue weighted by molar-refractivity contribution is -0.384. The SMILES string of the molecule is N[C@H](C(=O)Nc1c(O)cccc1[N+](=O)[O-])c1ccccc1. The van der Waals surface area contributed by atoms with E-state index in [0.29, 0.717) is 5.56 Å². The van der Waals surface area contributed by atoms with Crippen molar-refractivity contribution in [1.82, 2.24) is 0 Å². The summed E-state index contributed by atoms with van der Waals surface area (Å²) in [6.07, 6.45) is 0. The lowest BCUT2D eigenvalue weighted by atomic mass is 10.1. The number of rotatable bonds is 4. The summed E-state index contributed by atoms with van der Waals surface area (Å²) in [7, 11) is 0. The van der Waals surface area contributed by atoms with Crippen molar-refractivity contribution in [1.29, 1.82) is 0 Å². The summed E-state index contributed by atoms with van der Waals surface area (Å²) in [6, 6.07) is 11.3. The third-order valence-electron chi connectivity index (χ3n) is 2.91. The van der Waals surface area contributed by atoms with Crippen molar-refractivity contribution in [3.05, 3.63) is 64.2 Å². The van der Waals surface area contributed by atoms with Crippen LogP contribution in [0.4, 0.5) is 11.4 Å². The molecule has 0 bridgehead atoms. The number of nitrogens with one attached hydrogen (secondary N) is 1. The van der Waals surface area contributed by atoms with E-state index in [2.05, 4.69) is 5.32 Å². The molecule has 0 fully saturated rings. The normalized spacial score (nSPS) is 11.7. The summed E-state index contributed by atoms with van der Waals surface area (Å²) < 4.78 is 0. The van der Waals surface area contributed by atoms with Crippen LogP contribution in [-0.2, 0) is 4.79 Å². The predicted octanol–water partition coefficient (Wildman–Crippen LogP) is 1.94. The minimum Gasteiger partial charge on any atom is -0.505 e. The molecule has 0 heterocycles. The van der Waals surface area contributed by atoms with Gasteiger partial charge in [-0.2, -0.15) is 0 Å². The molecule has 0 radical (unpaired) electrons. The molecule has 7 nitrogen and oxygen atoms in total. The highest BCUT2D eigenvalue weighted by Gasteiger charge is 2.23. The Balaban J connectivity index is 2.26. The minimum atomic E-state index is -0.995. The highest BCUT2D eigenvalue weighted by Crippen LogP contribution is 2.33. The van der Waals surface area contributed by atoms with E-state index >= 15 is 0 Å². The predicted molar refractivity (Wildman–Crippen MR) is 76.8 cm³/mol. The Morgan fingerprint density at radius 2 is 1.86 bits per heavy atom. The van der Waals surface area contributed by atoms with Crippen LogP contribution in [0, 0.1) is 10.1 Å². The van der Waals surface area contributed by atoms with E-state index in [9.17, 15) is 20.0 Å². The molecule has 0 aliphatic heterocycles. The van der Waals surface area contributed by atoms with Gasteiger partial charge in [0.2, 0.25) is 5.91 Å². The summed E-state index contributed by atoms with van der Waals surface area (Å²) in [5.74, 6) is -1.04. The fourth-order valence-electron chi connectivity index (χ4n) is 1.82. The number of nitro benzene ring substituents is 1. The standard InChI is InChI=1S/C14H13N3O4/c15-12(9-5-2-1-3-6-9)14(19)16-13-10(17(20)21)7-4-8-11(13)18/h1-8,12,18H,15H2,(H,16,19)/t12-/m0/s1. The second-order valence-corrected chi connectivity index (χ2v) is 4.31. The Bertz CT molecular complexity index is 673. The fraction of sp³-hybridized carbons (Fsp3) is 0.0714. The zero-order chi connectivity index (χ0) is 15.4. The summed E-state index contributed by atoms with van der Waals surface area (Å²) in [5.41, 5.74) is 5.70. The Hall–Kier alpha value is -2.93. The Kier molecular flexibility index (Phi) is 4.15. The first-order valence-corrected chi connectivity index (χ1v) is 6.08. The number of para-hydroxylation sites is 1. The van der Waals surface area contributed by atoms with Crippen LogP contribution in [0.1, 0.15) is 11.6 Å². The number of carbonyl (C=O) groups is 1. The fourth-order valence-corrected chi connectivity index (χ4v) is 1.82. The van der Waals surface area contributed by atoms with Crippen molar-refractivity contribution in [2.45, 2.75) is 6.04 Å². The number of hydrogen-bond acceptors (Lipinski definition) is 5. The lowest BCUT2D eigenvalue weighted by Crippen LogP contribution is -2.28. The van der Waals surface area contributed by atoms with Crippen LogP contribution in [0.25, 0.3) is 0 Å². The Labute approximate surface area is 120 Å². The Morgan fingerprint density at radius 1 is 1.19 bits per heavy atom. The molecule has 2 aromatic rings. The van der Waals surface area contributed by atoms with Crippen LogP contribution in [0.5, 0.6) is 5.75 Å². The first kappa shape index (κ1) is 14.5. The molecule has 108 valence electrons. The molecule has 0 spiro atoms. The number of phenols is 1. The van der Waals surface area contributed by atoms with E-state index in [4.69, 9.17) is 5.73 Å². The van der Waals surface area contributed by atoms with Crippen LogP contribution in [-0.4, -0.2) is 15.9 Å². The number of nitrogens with two attached hydrogens (primary N) is 1. The van der Waals surface area contributed by atoms with Gasteiger partial charge in [0, 0.05) is 6.07 Å². The maximum atomic E-state index is 12.1. The van der Waals surface area contributed by atoms with E-state index < -0.39 is 28.3 Å². The molecule has 2 rings (SSSR count). The van der Waals surface area contributed by atoms with Crippen LogP contribution in [0.15, 0.2) is 48.5 Å². The summed E-state index contributed by atoms with van der Waals surface area (Å²) in [5, 5.41) is 22.9. The molecular formula is C14H13N3O4. The van der Waals surface area contributed by atoms with Crippen LogP contribution in [0.3, 0.4) is 0 Å². The smallest absolute Gasteiger partial charge is 0.296 e. The van der Waals surface area contributed by atoms with Crippen molar-refractivity contribution in [2.24, 2.45) is 5.73 Å². The van der Waals surface area contributed by atoms with Gasteiger partial charge in [-0.1, -0.05) is 36.4 Å². The highest BCUT2D eigenvalue weighted by atomic mass is 16.6. The average Bonchev–Trinajstić information content (AvgIpc) is 2.49. The summed E-state index contributed by atoms with van der Waals surface area (Å²) >= 11 is 0. The first-order chi connectivity index (χ1) is 10.0. The monoisotopic (exact) mass is 287 g/mol. The number of phenolic OH excluding ortho intramolecular Hbond substituents is 1. The van der Waals surface area contributed by atoms with Gasteiger partial charge in [0.15, 0.2) is 5.69 Å². The van der Waals surface area contributed by atoms with Crippen LogP contribution >= 0.6 is 0 Å². The molecule has 0 aliphatic carbocycles. The molecule has 1 atom stereocenters. The van der Waals surface area contributed by atoms with Crippen LogP contribution in [0.2, 0.25) is 0 Å². The number of nitrogens with zero attached hydrogens (tertiary/aromatic N) is 1. The molecule has 21 heavy (non-hydrogen) atoms. The number of nitro groups is 1. The molecule has 7 heteroatoms. The van der Waals surface area contributed by atoms with Gasteiger partial charge in [0.05, 0.1) is 4.92 Å². The molecule has 0 saturated carbocycles. The Morgan fingerprint density at radius 3 is 2.48 bits per heavy atom. The van der Waals surface area contributed by atoms with E-state index in [-0.39, 0.29) is 5.69 Å². The second kappa shape index (κ2) is 6.02. The molecule has 0 saturated heterocycles. The third-order valence-corrected chi connectivity index (χ3v) is 2.91. The number of anilines is 1. The minimum absolute atomic E-state index is 0.265. The summed E-state index contributed by atoms with van der Waals surface area (Å²) in [4.78, 5) is 22.3. The number of amides is 1. The number of hydrogen-bond donors (Lipinski definition) is 3. The summed E-state index contributed by atoms with van der Waals surface area (Å²) in [6.45, 7) is 0. The molecule has 0 aromatic heterocycles. The van der Waals surface area contributed by atoms with E-state index in [1.54, 1.807) is 30.3 Å². The van der Waals surface area contributed by atoms with Gasteiger partial charge < -0.3 is 16.2 Å². The molecule has 0 unspecified atom stereocenters. The van der Waals surface area contributed by atoms with Gasteiger partial charge in [0.25, 0.3) is 5.69 Å². The van der Waals surface area contributed by atoms with Crippen molar-refractivity contribution in [3.63, 3.8) is 0 Å². The number of aromatic hydroxyl groups is 1. The zero-order valence-electron chi connectivity index (χ0n) is 10.9.